The van der Waals surface area contributed by atoms with Crippen LogP contribution in [0.1, 0.15) is 33.6 Å². The monoisotopic (exact) mass is 212 g/mol. The van der Waals surface area contributed by atoms with Crippen molar-refractivity contribution in [1.29, 1.82) is 0 Å². The Morgan fingerprint density at radius 1 is 1.53 bits per heavy atom. The number of aliphatic imine (C=N–C) groups is 1. The van der Waals surface area contributed by atoms with Crippen LogP contribution in [0.4, 0.5) is 0 Å². The minimum atomic E-state index is -0.207. The van der Waals surface area contributed by atoms with Crippen LogP contribution in [-0.2, 0) is 9.53 Å². The molecule has 1 aliphatic rings. The number of ether oxygens (including phenoxy) is 1. The summed E-state index contributed by atoms with van der Waals surface area (Å²) in [6.07, 6.45) is 1.67. The van der Waals surface area contributed by atoms with E-state index in [1.165, 1.54) is 0 Å². The van der Waals surface area contributed by atoms with E-state index in [1.54, 1.807) is 7.11 Å². The molecule has 0 aliphatic carbocycles. The van der Waals surface area contributed by atoms with Crippen molar-refractivity contribution >= 4 is 11.7 Å². The zero-order valence-electron chi connectivity index (χ0n) is 9.91. The number of carbonyl (C=O) groups excluding carboxylic acids is 1. The predicted octanol–water partition coefficient (Wildman–Crippen LogP) is 1.35. The molecular formula is C11H20N2O2. The summed E-state index contributed by atoms with van der Waals surface area (Å²) in [5.41, 5.74) is 0. The number of carbonyl (C=O) groups is 1. The van der Waals surface area contributed by atoms with Gasteiger partial charge in [0.05, 0.1) is 0 Å². The van der Waals surface area contributed by atoms with Crippen LogP contribution >= 0.6 is 0 Å². The molecule has 1 rings (SSSR count). The van der Waals surface area contributed by atoms with Crippen LogP contribution in [0.2, 0.25) is 0 Å². The van der Waals surface area contributed by atoms with Gasteiger partial charge in [-0.25, -0.2) is 0 Å². The minimum absolute atomic E-state index is 0.00884. The maximum atomic E-state index is 11.5. The van der Waals surface area contributed by atoms with E-state index in [-0.39, 0.29) is 18.1 Å². The Bertz CT molecular complexity index is 261. The molecule has 0 fully saturated rings. The fourth-order valence-electron chi connectivity index (χ4n) is 1.78. The van der Waals surface area contributed by atoms with Gasteiger partial charge in [0.25, 0.3) is 0 Å². The van der Waals surface area contributed by atoms with Crippen molar-refractivity contribution in [2.45, 2.75) is 45.8 Å². The average molecular weight is 212 g/mol. The normalized spacial score (nSPS) is 22.9. The number of hydrogen-bond donors (Lipinski definition) is 1. The average Bonchev–Trinajstić information content (AvgIpc) is 2.49. The zero-order chi connectivity index (χ0) is 11.4. The third-order valence-corrected chi connectivity index (χ3v) is 2.54. The van der Waals surface area contributed by atoms with E-state index in [0.29, 0.717) is 11.8 Å². The number of hydrogen-bond acceptors (Lipinski definition) is 3. The van der Waals surface area contributed by atoms with Crippen molar-refractivity contribution in [3.05, 3.63) is 0 Å². The van der Waals surface area contributed by atoms with Crippen LogP contribution in [-0.4, -0.2) is 31.0 Å². The number of amidine groups is 1. The highest BCUT2D eigenvalue weighted by molar-refractivity contribution is 6.07. The van der Waals surface area contributed by atoms with Gasteiger partial charge in [0.15, 0.2) is 0 Å². The lowest BCUT2D eigenvalue weighted by molar-refractivity contribution is -0.120. The Hall–Kier alpha value is -0.900. The Labute approximate surface area is 91.1 Å². The summed E-state index contributed by atoms with van der Waals surface area (Å²) in [5, 5.41) is 2.81. The maximum Gasteiger partial charge on any atom is 0.250 e. The second-order valence-corrected chi connectivity index (χ2v) is 4.21. The molecule has 1 aliphatic heterocycles. The largest absolute Gasteiger partial charge is 0.373 e. The topological polar surface area (TPSA) is 50.7 Å². The Kier molecular flexibility index (Phi) is 4.27. The van der Waals surface area contributed by atoms with Crippen molar-refractivity contribution in [2.24, 2.45) is 10.9 Å². The van der Waals surface area contributed by atoms with Crippen molar-refractivity contribution in [3.8, 4) is 0 Å². The SMILES string of the molecule is CCCC1N=C(C(OC)C(C)C)NC1=O. The standard InChI is InChI=1S/C11H20N2O2/c1-5-6-8-11(14)13-10(12-8)9(15-4)7(2)3/h7-9H,5-6H2,1-4H3,(H,12,13,14). The molecule has 1 heterocycles. The molecule has 1 N–H and O–H groups in total. The fraction of sp³-hybridized carbons (Fsp3) is 0.818. The first-order chi connectivity index (χ1) is 7.10. The van der Waals surface area contributed by atoms with E-state index in [1.807, 2.05) is 0 Å². The summed E-state index contributed by atoms with van der Waals surface area (Å²) in [6.45, 7) is 6.16. The summed E-state index contributed by atoms with van der Waals surface area (Å²) < 4.78 is 5.32. The van der Waals surface area contributed by atoms with Crippen molar-refractivity contribution in [1.82, 2.24) is 5.32 Å². The second kappa shape index (κ2) is 5.26. The molecule has 15 heavy (non-hydrogen) atoms. The zero-order valence-corrected chi connectivity index (χ0v) is 9.91. The Morgan fingerprint density at radius 2 is 2.20 bits per heavy atom. The van der Waals surface area contributed by atoms with Gasteiger partial charge in [0.2, 0.25) is 5.91 Å². The number of nitrogens with zero attached hydrogens (tertiary/aromatic N) is 1. The van der Waals surface area contributed by atoms with Crippen LogP contribution in [0.3, 0.4) is 0 Å². The first-order valence-electron chi connectivity index (χ1n) is 5.51. The van der Waals surface area contributed by atoms with E-state index in [2.05, 4.69) is 31.1 Å². The molecule has 1 amide bonds. The highest BCUT2D eigenvalue weighted by atomic mass is 16.5. The van der Waals surface area contributed by atoms with Crippen LogP contribution in [0.25, 0.3) is 0 Å². The molecule has 0 aromatic heterocycles. The smallest absolute Gasteiger partial charge is 0.250 e. The summed E-state index contributed by atoms with van der Waals surface area (Å²) >= 11 is 0. The summed E-state index contributed by atoms with van der Waals surface area (Å²) in [6, 6.07) is -0.207. The quantitative estimate of drug-likeness (QED) is 0.748. The summed E-state index contributed by atoms with van der Waals surface area (Å²) in [4.78, 5) is 15.9. The molecule has 0 aromatic rings. The van der Waals surface area contributed by atoms with Gasteiger partial charge in [-0.3, -0.25) is 9.79 Å². The van der Waals surface area contributed by atoms with Crippen molar-refractivity contribution in [2.75, 3.05) is 7.11 Å². The van der Waals surface area contributed by atoms with E-state index >= 15 is 0 Å². The number of nitrogens with one attached hydrogen (secondary N) is 1. The second-order valence-electron chi connectivity index (χ2n) is 4.21. The van der Waals surface area contributed by atoms with Gasteiger partial charge >= 0.3 is 0 Å². The van der Waals surface area contributed by atoms with E-state index < -0.39 is 0 Å². The van der Waals surface area contributed by atoms with Gasteiger partial charge in [-0.1, -0.05) is 27.2 Å². The predicted molar refractivity (Wildman–Crippen MR) is 59.9 cm³/mol. The van der Waals surface area contributed by atoms with E-state index in [9.17, 15) is 4.79 Å². The molecule has 0 saturated carbocycles. The fourth-order valence-corrected chi connectivity index (χ4v) is 1.78. The molecule has 4 nitrogen and oxygen atoms in total. The van der Waals surface area contributed by atoms with Gasteiger partial charge in [-0.15, -0.1) is 0 Å². The van der Waals surface area contributed by atoms with Gasteiger partial charge in [0.1, 0.15) is 18.0 Å². The Balaban J connectivity index is 2.71. The van der Waals surface area contributed by atoms with Crippen molar-refractivity contribution in [3.63, 3.8) is 0 Å². The van der Waals surface area contributed by atoms with Gasteiger partial charge in [-0.05, 0) is 12.3 Å². The lowest BCUT2D eigenvalue weighted by Crippen LogP contribution is -2.39. The van der Waals surface area contributed by atoms with Crippen molar-refractivity contribution < 1.29 is 9.53 Å². The first kappa shape index (κ1) is 12.2. The molecule has 4 heteroatoms. The van der Waals surface area contributed by atoms with E-state index in [0.717, 1.165) is 12.8 Å². The highest BCUT2D eigenvalue weighted by Gasteiger charge is 2.31. The van der Waals surface area contributed by atoms with Crippen LogP contribution in [0, 0.1) is 5.92 Å². The summed E-state index contributed by atoms with van der Waals surface area (Å²) in [7, 11) is 1.65. The maximum absolute atomic E-state index is 11.5. The van der Waals surface area contributed by atoms with Gasteiger partial charge < -0.3 is 10.1 Å². The van der Waals surface area contributed by atoms with Gasteiger partial charge in [-0.2, -0.15) is 0 Å². The van der Waals surface area contributed by atoms with E-state index in [4.69, 9.17) is 4.74 Å². The van der Waals surface area contributed by atoms with Crippen LogP contribution < -0.4 is 5.32 Å². The first-order valence-corrected chi connectivity index (χ1v) is 5.51. The molecule has 0 bridgehead atoms. The number of rotatable bonds is 5. The third kappa shape index (κ3) is 2.78. The van der Waals surface area contributed by atoms with Crippen LogP contribution in [0.5, 0.6) is 0 Å². The molecule has 2 unspecified atom stereocenters. The van der Waals surface area contributed by atoms with Gasteiger partial charge in [0, 0.05) is 7.11 Å². The minimum Gasteiger partial charge on any atom is -0.373 e. The highest BCUT2D eigenvalue weighted by Crippen LogP contribution is 2.14. The molecular weight excluding hydrogens is 192 g/mol. The molecule has 0 saturated heterocycles. The number of amides is 1. The molecule has 86 valence electrons. The molecule has 0 aromatic carbocycles. The summed E-state index contributed by atoms with van der Waals surface area (Å²) in [5.74, 6) is 1.01. The lowest BCUT2D eigenvalue weighted by Gasteiger charge is -2.18. The van der Waals surface area contributed by atoms with Crippen LogP contribution in [0.15, 0.2) is 4.99 Å². The Morgan fingerprint density at radius 3 is 2.67 bits per heavy atom. The number of methoxy groups -OCH3 is 1. The molecule has 0 spiro atoms. The molecule has 2 atom stereocenters. The molecule has 0 radical (unpaired) electrons. The lowest BCUT2D eigenvalue weighted by atomic mass is 10.1. The third-order valence-electron chi connectivity index (χ3n) is 2.54.